The van der Waals surface area contributed by atoms with Crippen molar-refractivity contribution in [3.8, 4) is 0 Å². The first kappa shape index (κ1) is 11.7. The zero-order valence-electron chi connectivity index (χ0n) is 8.99. The number of hydrogen-bond donors (Lipinski definition) is 1. The van der Waals surface area contributed by atoms with Gasteiger partial charge < -0.3 is 10.1 Å². The number of nitrogens with one attached hydrogen (secondary N) is 1. The zero-order chi connectivity index (χ0) is 11.5. The first-order valence-corrected chi connectivity index (χ1v) is 5.58. The molecule has 0 saturated carbocycles. The van der Waals surface area contributed by atoms with Crippen LogP contribution < -0.4 is 5.32 Å². The average Bonchev–Trinajstić information content (AvgIpc) is 2.72. The summed E-state index contributed by atoms with van der Waals surface area (Å²) < 4.78 is 29.4. The van der Waals surface area contributed by atoms with Crippen LogP contribution in [0.25, 0.3) is 0 Å². The normalized spacial score (nSPS) is 30.4. The largest absolute Gasteiger partial charge is 0.373 e. The van der Waals surface area contributed by atoms with E-state index in [0.717, 1.165) is 19.5 Å². The number of nitrogens with zero attached hydrogens (tertiary/aromatic N) is 1. The molecule has 0 bridgehead atoms. The van der Waals surface area contributed by atoms with E-state index < -0.39 is 12.3 Å². The standard InChI is InChI=1S/C10H16F2N2O2/c11-9(12)10(15)13-4-8-5-14-3-1-2-7(14)6-16-8/h7-9H,1-6H2,(H,13,15). The molecule has 2 rings (SSSR count). The molecule has 92 valence electrons. The molecule has 1 N–H and O–H groups in total. The summed E-state index contributed by atoms with van der Waals surface area (Å²) in [5.41, 5.74) is 0. The molecule has 0 aromatic heterocycles. The van der Waals surface area contributed by atoms with Gasteiger partial charge in [-0.3, -0.25) is 9.69 Å². The molecule has 0 aliphatic carbocycles. The van der Waals surface area contributed by atoms with Crippen LogP contribution in [0.5, 0.6) is 0 Å². The van der Waals surface area contributed by atoms with Gasteiger partial charge in [0.05, 0.1) is 12.7 Å². The third-order valence-corrected chi connectivity index (χ3v) is 3.16. The Morgan fingerprint density at radius 1 is 1.56 bits per heavy atom. The Morgan fingerprint density at radius 3 is 3.12 bits per heavy atom. The van der Waals surface area contributed by atoms with Crippen LogP contribution in [0, 0.1) is 0 Å². The molecule has 2 aliphatic rings. The molecule has 16 heavy (non-hydrogen) atoms. The van der Waals surface area contributed by atoms with Gasteiger partial charge in [-0.2, -0.15) is 8.78 Å². The molecule has 0 spiro atoms. The van der Waals surface area contributed by atoms with Gasteiger partial charge in [0, 0.05) is 19.1 Å². The number of halogens is 2. The number of hydrogen-bond acceptors (Lipinski definition) is 3. The maximum Gasteiger partial charge on any atom is 0.315 e. The molecule has 4 nitrogen and oxygen atoms in total. The SMILES string of the molecule is O=C(NCC1CN2CCCC2CO1)C(F)F. The first-order valence-electron chi connectivity index (χ1n) is 5.58. The van der Waals surface area contributed by atoms with Crippen molar-refractivity contribution < 1.29 is 18.3 Å². The lowest BCUT2D eigenvalue weighted by atomic mass is 10.2. The van der Waals surface area contributed by atoms with Crippen LogP contribution in [0.3, 0.4) is 0 Å². The Hall–Kier alpha value is -0.750. The first-order chi connectivity index (χ1) is 7.66. The average molecular weight is 234 g/mol. The molecule has 2 fully saturated rings. The summed E-state index contributed by atoms with van der Waals surface area (Å²) in [6.45, 7) is 2.60. The fourth-order valence-corrected chi connectivity index (χ4v) is 2.30. The lowest BCUT2D eigenvalue weighted by Crippen LogP contribution is -2.50. The Balaban J connectivity index is 1.73. The molecule has 2 atom stereocenters. The van der Waals surface area contributed by atoms with E-state index in [-0.39, 0.29) is 12.6 Å². The van der Waals surface area contributed by atoms with Crippen LogP contribution in [-0.4, -0.2) is 55.6 Å². The molecule has 2 heterocycles. The van der Waals surface area contributed by atoms with E-state index >= 15 is 0 Å². The minimum Gasteiger partial charge on any atom is -0.373 e. The predicted molar refractivity (Wildman–Crippen MR) is 53.3 cm³/mol. The number of alkyl halides is 2. The van der Waals surface area contributed by atoms with Crippen LogP contribution >= 0.6 is 0 Å². The van der Waals surface area contributed by atoms with Gasteiger partial charge in [-0.05, 0) is 19.4 Å². The highest BCUT2D eigenvalue weighted by Crippen LogP contribution is 2.22. The van der Waals surface area contributed by atoms with Crippen molar-refractivity contribution in [2.45, 2.75) is 31.4 Å². The van der Waals surface area contributed by atoms with Crippen molar-refractivity contribution in [1.82, 2.24) is 10.2 Å². The van der Waals surface area contributed by atoms with E-state index in [1.807, 2.05) is 0 Å². The maximum absolute atomic E-state index is 11.9. The highest BCUT2D eigenvalue weighted by molar-refractivity contribution is 5.79. The summed E-state index contributed by atoms with van der Waals surface area (Å²) in [6, 6.07) is 0.488. The fourth-order valence-electron chi connectivity index (χ4n) is 2.30. The van der Waals surface area contributed by atoms with E-state index in [1.54, 1.807) is 0 Å². The monoisotopic (exact) mass is 234 g/mol. The van der Waals surface area contributed by atoms with Crippen LogP contribution in [0.4, 0.5) is 8.78 Å². The number of ether oxygens (including phenoxy) is 1. The summed E-state index contributed by atoms with van der Waals surface area (Å²) in [5.74, 6) is -1.22. The van der Waals surface area contributed by atoms with Crippen LogP contribution in [-0.2, 0) is 9.53 Å². The van der Waals surface area contributed by atoms with Crippen molar-refractivity contribution in [1.29, 1.82) is 0 Å². The Kier molecular flexibility index (Phi) is 3.70. The van der Waals surface area contributed by atoms with Gasteiger partial charge in [-0.1, -0.05) is 0 Å². The fraction of sp³-hybridized carbons (Fsp3) is 0.900. The second-order valence-corrected chi connectivity index (χ2v) is 4.29. The Morgan fingerprint density at radius 2 is 2.38 bits per heavy atom. The van der Waals surface area contributed by atoms with Gasteiger partial charge >= 0.3 is 6.43 Å². The van der Waals surface area contributed by atoms with E-state index in [2.05, 4.69) is 10.2 Å². The smallest absolute Gasteiger partial charge is 0.315 e. The summed E-state index contributed by atoms with van der Waals surface area (Å²) in [7, 11) is 0. The lowest BCUT2D eigenvalue weighted by Gasteiger charge is -2.35. The molecule has 6 heteroatoms. The topological polar surface area (TPSA) is 41.6 Å². The Labute approximate surface area is 92.9 Å². The van der Waals surface area contributed by atoms with E-state index in [4.69, 9.17) is 4.74 Å². The number of rotatable bonds is 3. The highest BCUT2D eigenvalue weighted by Gasteiger charge is 2.32. The molecule has 1 amide bonds. The van der Waals surface area contributed by atoms with Crippen LogP contribution in [0.15, 0.2) is 0 Å². The predicted octanol–water partition coefficient (Wildman–Crippen LogP) is 0.231. The molecular weight excluding hydrogens is 218 g/mol. The van der Waals surface area contributed by atoms with Crippen molar-refractivity contribution in [2.24, 2.45) is 0 Å². The number of amides is 1. The lowest BCUT2D eigenvalue weighted by molar-refractivity contribution is -0.133. The molecule has 2 saturated heterocycles. The van der Waals surface area contributed by atoms with E-state index in [0.29, 0.717) is 12.6 Å². The van der Waals surface area contributed by atoms with Gasteiger partial charge in [-0.25, -0.2) is 0 Å². The van der Waals surface area contributed by atoms with Crippen molar-refractivity contribution in [3.63, 3.8) is 0 Å². The van der Waals surface area contributed by atoms with Crippen molar-refractivity contribution >= 4 is 5.91 Å². The molecule has 2 unspecified atom stereocenters. The summed E-state index contributed by atoms with van der Waals surface area (Å²) in [5, 5.41) is 2.19. The maximum atomic E-state index is 11.9. The van der Waals surface area contributed by atoms with Crippen LogP contribution in [0.2, 0.25) is 0 Å². The van der Waals surface area contributed by atoms with Gasteiger partial charge in [0.15, 0.2) is 0 Å². The minimum atomic E-state index is -2.94. The van der Waals surface area contributed by atoms with Crippen LogP contribution in [0.1, 0.15) is 12.8 Å². The number of morpholine rings is 1. The minimum absolute atomic E-state index is 0.156. The van der Waals surface area contributed by atoms with E-state index in [9.17, 15) is 13.6 Å². The highest BCUT2D eigenvalue weighted by atomic mass is 19.3. The number of fused-ring (bicyclic) bond motifs is 1. The van der Waals surface area contributed by atoms with Gasteiger partial charge in [0.2, 0.25) is 0 Å². The van der Waals surface area contributed by atoms with Gasteiger partial charge in [-0.15, -0.1) is 0 Å². The molecule has 0 radical (unpaired) electrons. The second-order valence-electron chi connectivity index (χ2n) is 4.29. The third-order valence-electron chi connectivity index (χ3n) is 3.16. The van der Waals surface area contributed by atoms with Crippen molar-refractivity contribution in [3.05, 3.63) is 0 Å². The third kappa shape index (κ3) is 2.68. The zero-order valence-corrected chi connectivity index (χ0v) is 8.99. The summed E-state index contributed by atoms with van der Waals surface area (Å²) in [4.78, 5) is 13.0. The second kappa shape index (κ2) is 5.05. The van der Waals surface area contributed by atoms with E-state index in [1.165, 1.54) is 6.42 Å². The Bertz CT molecular complexity index is 263. The summed E-state index contributed by atoms with van der Waals surface area (Å²) in [6.07, 6.45) is -0.777. The molecule has 2 aliphatic heterocycles. The summed E-state index contributed by atoms with van der Waals surface area (Å²) >= 11 is 0. The van der Waals surface area contributed by atoms with Gasteiger partial charge in [0.25, 0.3) is 5.91 Å². The molecule has 0 aromatic rings. The molecule has 0 aromatic carbocycles. The van der Waals surface area contributed by atoms with Gasteiger partial charge in [0.1, 0.15) is 0 Å². The molecular formula is C10H16F2N2O2. The quantitative estimate of drug-likeness (QED) is 0.760. The number of carbonyl (C=O) groups is 1. The number of carbonyl (C=O) groups excluding carboxylic acids is 1. The van der Waals surface area contributed by atoms with Crippen molar-refractivity contribution in [2.75, 3.05) is 26.2 Å².